The summed E-state index contributed by atoms with van der Waals surface area (Å²) >= 11 is 2.05. The number of para-hydroxylation sites is 1. The summed E-state index contributed by atoms with van der Waals surface area (Å²) in [7, 11) is 0. The number of hydrogen-bond donors (Lipinski definition) is 1. The molecule has 1 rings (SSSR count). The van der Waals surface area contributed by atoms with Gasteiger partial charge in [-0.05, 0) is 24.3 Å². The zero-order valence-corrected chi connectivity index (χ0v) is 10.4. The topological polar surface area (TPSA) is 12.0 Å². The maximum atomic E-state index is 3.41. The van der Waals surface area contributed by atoms with Crippen molar-refractivity contribution in [2.75, 3.05) is 23.4 Å². The predicted molar refractivity (Wildman–Crippen MR) is 71.8 cm³/mol. The molecular formula is C13H21NS. The largest absolute Gasteiger partial charge is 0.384 e. The van der Waals surface area contributed by atoms with E-state index in [2.05, 4.69) is 36.5 Å². The molecule has 0 aliphatic rings. The number of thioether (sulfide) groups is 1. The fourth-order valence-corrected chi connectivity index (χ4v) is 2.24. The van der Waals surface area contributed by atoms with Gasteiger partial charge in [-0.25, -0.2) is 0 Å². The van der Waals surface area contributed by atoms with Crippen LogP contribution in [-0.2, 0) is 0 Å². The van der Waals surface area contributed by atoms with Crippen molar-refractivity contribution in [3.05, 3.63) is 30.3 Å². The molecule has 0 atom stereocenters. The molecular weight excluding hydrogens is 202 g/mol. The van der Waals surface area contributed by atoms with Gasteiger partial charge in [-0.2, -0.15) is 11.8 Å². The summed E-state index contributed by atoms with van der Waals surface area (Å²) < 4.78 is 0. The van der Waals surface area contributed by atoms with E-state index in [0.717, 1.165) is 6.54 Å². The average Bonchev–Trinajstić information content (AvgIpc) is 2.29. The Balaban J connectivity index is 1.93. The Morgan fingerprint density at radius 1 is 1.07 bits per heavy atom. The summed E-state index contributed by atoms with van der Waals surface area (Å²) in [6.07, 6.45) is 4.06. The van der Waals surface area contributed by atoms with Crippen molar-refractivity contribution in [1.82, 2.24) is 0 Å². The smallest absolute Gasteiger partial charge is 0.0340 e. The molecule has 0 amide bonds. The highest BCUT2D eigenvalue weighted by molar-refractivity contribution is 7.99. The van der Waals surface area contributed by atoms with Crippen LogP contribution in [0.15, 0.2) is 30.3 Å². The molecule has 1 nitrogen and oxygen atoms in total. The van der Waals surface area contributed by atoms with E-state index in [4.69, 9.17) is 0 Å². The molecule has 0 aromatic heterocycles. The van der Waals surface area contributed by atoms with Crippen LogP contribution in [0.1, 0.15) is 26.2 Å². The van der Waals surface area contributed by atoms with Gasteiger partial charge in [0, 0.05) is 18.0 Å². The Hall–Kier alpha value is -0.630. The first-order valence-corrected chi connectivity index (χ1v) is 6.95. The third kappa shape index (κ3) is 6.45. The van der Waals surface area contributed by atoms with E-state index in [1.165, 1.54) is 36.5 Å². The number of anilines is 1. The fraction of sp³-hybridized carbons (Fsp3) is 0.538. The minimum atomic E-state index is 1.07. The van der Waals surface area contributed by atoms with Crippen molar-refractivity contribution in [2.24, 2.45) is 0 Å². The zero-order chi connectivity index (χ0) is 10.8. The average molecular weight is 223 g/mol. The van der Waals surface area contributed by atoms with E-state index in [-0.39, 0.29) is 0 Å². The van der Waals surface area contributed by atoms with E-state index in [1.54, 1.807) is 0 Å². The van der Waals surface area contributed by atoms with Gasteiger partial charge in [0.1, 0.15) is 0 Å². The maximum Gasteiger partial charge on any atom is 0.0340 e. The van der Waals surface area contributed by atoms with E-state index in [1.807, 2.05) is 17.8 Å². The minimum Gasteiger partial charge on any atom is -0.384 e. The molecule has 1 N–H and O–H groups in total. The first-order valence-electron chi connectivity index (χ1n) is 5.80. The highest BCUT2D eigenvalue weighted by Gasteiger charge is 1.91. The Kier molecular flexibility index (Phi) is 7.18. The first-order chi connectivity index (χ1) is 7.43. The standard InChI is InChI=1S/C13H21NS/c1-2-3-7-11-15-12-10-14-13-8-5-4-6-9-13/h4-6,8-9,14H,2-3,7,10-12H2,1H3. The summed E-state index contributed by atoms with van der Waals surface area (Å²) in [6.45, 7) is 3.32. The fourth-order valence-electron chi connectivity index (χ4n) is 1.38. The summed E-state index contributed by atoms with van der Waals surface area (Å²) in [4.78, 5) is 0. The lowest BCUT2D eigenvalue weighted by Crippen LogP contribution is -2.04. The molecule has 15 heavy (non-hydrogen) atoms. The van der Waals surface area contributed by atoms with Gasteiger partial charge in [-0.15, -0.1) is 0 Å². The lowest BCUT2D eigenvalue weighted by atomic mass is 10.3. The minimum absolute atomic E-state index is 1.07. The van der Waals surface area contributed by atoms with Crippen LogP contribution in [0.4, 0.5) is 5.69 Å². The molecule has 1 aromatic carbocycles. The normalized spacial score (nSPS) is 10.2. The second kappa shape index (κ2) is 8.66. The van der Waals surface area contributed by atoms with Crippen LogP contribution in [0, 0.1) is 0 Å². The molecule has 0 bridgehead atoms. The molecule has 0 aliphatic carbocycles. The van der Waals surface area contributed by atoms with Gasteiger partial charge in [-0.3, -0.25) is 0 Å². The van der Waals surface area contributed by atoms with Crippen LogP contribution in [-0.4, -0.2) is 18.1 Å². The van der Waals surface area contributed by atoms with Gasteiger partial charge in [0.2, 0.25) is 0 Å². The Labute approximate surface area is 97.7 Å². The van der Waals surface area contributed by atoms with Crippen LogP contribution in [0.2, 0.25) is 0 Å². The monoisotopic (exact) mass is 223 g/mol. The second-order valence-corrected chi connectivity index (χ2v) is 4.84. The maximum absolute atomic E-state index is 3.41. The molecule has 0 unspecified atom stereocenters. The highest BCUT2D eigenvalue weighted by Crippen LogP contribution is 2.08. The molecule has 0 saturated carbocycles. The van der Waals surface area contributed by atoms with E-state index >= 15 is 0 Å². The molecule has 0 fully saturated rings. The van der Waals surface area contributed by atoms with E-state index in [9.17, 15) is 0 Å². The highest BCUT2D eigenvalue weighted by atomic mass is 32.2. The van der Waals surface area contributed by atoms with Crippen molar-refractivity contribution >= 4 is 17.4 Å². The van der Waals surface area contributed by atoms with Crippen LogP contribution >= 0.6 is 11.8 Å². The van der Waals surface area contributed by atoms with Gasteiger partial charge >= 0.3 is 0 Å². The molecule has 0 spiro atoms. The van der Waals surface area contributed by atoms with Gasteiger partial charge in [0.05, 0.1) is 0 Å². The van der Waals surface area contributed by atoms with Crippen molar-refractivity contribution < 1.29 is 0 Å². The van der Waals surface area contributed by atoms with Gasteiger partial charge in [0.15, 0.2) is 0 Å². The van der Waals surface area contributed by atoms with Gasteiger partial charge in [-0.1, -0.05) is 38.0 Å². The Bertz CT molecular complexity index is 236. The quantitative estimate of drug-likeness (QED) is 0.668. The summed E-state index contributed by atoms with van der Waals surface area (Å²) in [5.41, 5.74) is 1.23. The van der Waals surface area contributed by atoms with Crippen molar-refractivity contribution in [2.45, 2.75) is 26.2 Å². The lowest BCUT2D eigenvalue weighted by Gasteiger charge is -2.05. The van der Waals surface area contributed by atoms with E-state index in [0.29, 0.717) is 0 Å². The third-order valence-corrected chi connectivity index (χ3v) is 3.31. The molecule has 0 radical (unpaired) electrons. The number of hydrogen-bond acceptors (Lipinski definition) is 2. The molecule has 84 valence electrons. The molecule has 0 saturated heterocycles. The molecule has 0 heterocycles. The molecule has 0 aliphatic heterocycles. The predicted octanol–water partition coefficient (Wildman–Crippen LogP) is 4.02. The number of nitrogens with one attached hydrogen (secondary N) is 1. The second-order valence-electron chi connectivity index (χ2n) is 3.61. The molecule has 2 heteroatoms. The number of benzene rings is 1. The van der Waals surface area contributed by atoms with Gasteiger partial charge < -0.3 is 5.32 Å². The molecule has 1 aromatic rings. The van der Waals surface area contributed by atoms with Crippen molar-refractivity contribution in [1.29, 1.82) is 0 Å². The third-order valence-electron chi connectivity index (χ3n) is 2.24. The summed E-state index contributed by atoms with van der Waals surface area (Å²) in [5.74, 6) is 2.52. The van der Waals surface area contributed by atoms with Crippen molar-refractivity contribution in [3.63, 3.8) is 0 Å². The Morgan fingerprint density at radius 3 is 2.60 bits per heavy atom. The Morgan fingerprint density at radius 2 is 1.87 bits per heavy atom. The summed E-state index contributed by atoms with van der Waals surface area (Å²) in [5, 5.41) is 3.41. The number of rotatable bonds is 8. The SMILES string of the molecule is CCCCCSCCNc1ccccc1. The lowest BCUT2D eigenvalue weighted by molar-refractivity contribution is 0.778. The first kappa shape index (κ1) is 12.4. The number of unbranched alkanes of at least 4 members (excludes halogenated alkanes) is 2. The van der Waals surface area contributed by atoms with Crippen LogP contribution < -0.4 is 5.32 Å². The van der Waals surface area contributed by atoms with Crippen LogP contribution in [0.25, 0.3) is 0 Å². The van der Waals surface area contributed by atoms with E-state index < -0.39 is 0 Å². The van der Waals surface area contributed by atoms with Crippen molar-refractivity contribution in [3.8, 4) is 0 Å². The van der Waals surface area contributed by atoms with Gasteiger partial charge in [0.25, 0.3) is 0 Å². The zero-order valence-electron chi connectivity index (χ0n) is 9.54. The van der Waals surface area contributed by atoms with Crippen LogP contribution in [0.5, 0.6) is 0 Å². The summed E-state index contributed by atoms with van der Waals surface area (Å²) in [6, 6.07) is 10.4. The van der Waals surface area contributed by atoms with Crippen LogP contribution in [0.3, 0.4) is 0 Å².